The molecule has 28 heavy (non-hydrogen) atoms. The van der Waals surface area contributed by atoms with Gasteiger partial charge in [0, 0.05) is 28.7 Å². The zero-order chi connectivity index (χ0) is 19.5. The Morgan fingerprint density at radius 1 is 1.21 bits per heavy atom. The summed E-state index contributed by atoms with van der Waals surface area (Å²) in [6, 6.07) is 14.6. The molecule has 1 N–H and O–H groups in total. The Labute approximate surface area is 166 Å². The summed E-state index contributed by atoms with van der Waals surface area (Å²) in [5.41, 5.74) is 3.61. The average Bonchev–Trinajstić information content (AvgIpc) is 3.07. The monoisotopic (exact) mass is 392 g/mol. The van der Waals surface area contributed by atoms with Crippen LogP contribution < -0.4 is 5.32 Å². The van der Waals surface area contributed by atoms with Crippen molar-refractivity contribution in [1.82, 2.24) is 14.4 Å². The first kappa shape index (κ1) is 18.0. The van der Waals surface area contributed by atoms with Crippen molar-refractivity contribution in [2.75, 3.05) is 11.9 Å². The lowest BCUT2D eigenvalue weighted by Crippen LogP contribution is -2.05. The normalized spacial score (nSPS) is 10.8. The molecule has 6 nitrogen and oxygen atoms in total. The summed E-state index contributed by atoms with van der Waals surface area (Å²) in [6.45, 7) is 2.11. The number of esters is 1. The fourth-order valence-electron chi connectivity index (χ4n) is 2.91. The number of rotatable bonds is 5. The topological polar surface area (TPSA) is 68.5 Å². The van der Waals surface area contributed by atoms with E-state index in [0.29, 0.717) is 22.8 Å². The van der Waals surface area contributed by atoms with Crippen molar-refractivity contribution < 1.29 is 9.53 Å². The Morgan fingerprint density at radius 2 is 2.04 bits per heavy atom. The van der Waals surface area contributed by atoms with E-state index in [0.717, 1.165) is 22.8 Å². The molecular formula is C21H17ClN4O2. The summed E-state index contributed by atoms with van der Waals surface area (Å²) in [4.78, 5) is 20.9. The molecule has 4 aromatic rings. The summed E-state index contributed by atoms with van der Waals surface area (Å²) in [7, 11) is 0. The van der Waals surface area contributed by atoms with Crippen molar-refractivity contribution in [2.24, 2.45) is 0 Å². The van der Waals surface area contributed by atoms with E-state index < -0.39 is 0 Å². The van der Waals surface area contributed by atoms with Crippen LogP contribution in [0.2, 0.25) is 5.02 Å². The quantitative estimate of drug-likeness (QED) is 0.485. The Bertz CT molecular complexity index is 1140. The van der Waals surface area contributed by atoms with Crippen LogP contribution in [0, 0.1) is 0 Å². The van der Waals surface area contributed by atoms with Gasteiger partial charge in [-0.15, -0.1) is 0 Å². The maximum absolute atomic E-state index is 12.0. The van der Waals surface area contributed by atoms with E-state index in [2.05, 4.69) is 10.3 Å². The molecule has 0 aliphatic heterocycles. The van der Waals surface area contributed by atoms with Gasteiger partial charge in [0.2, 0.25) is 0 Å². The van der Waals surface area contributed by atoms with Crippen LogP contribution >= 0.6 is 11.6 Å². The molecule has 7 heteroatoms. The third-order valence-corrected chi connectivity index (χ3v) is 4.44. The maximum atomic E-state index is 12.0. The molecule has 2 aromatic carbocycles. The fourth-order valence-corrected chi connectivity index (χ4v) is 3.04. The molecule has 0 saturated carbocycles. The number of nitrogens with zero attached hydrogens (tertiary/aromatic N) is 3. The largest absolute Gasteiger partial charge is 0.462 e. The number of imidazole rings is 1. The predicted octanol–water partition coefficient (Wildman–Crippen LogP) is 4.97. The predicted molar refractivity (Wildman–Crippen MR) is 109 cm³/mol. The Kier molecular flexibility index (Phi) is 4.95. The number of benzene rings is 2. The highest BCUT2D eigenvalue weighted by molar-refractivity contribution is 6.30. The molecule has 0 bridgehead atoms. The number of carbonyl (C=O) groups is 1. The van der Waals surface area contributed by atoms with E-state index in [4.69, 9.17) is 21.3 Å². The molecule has 0 fully saturated rings. The molecule has 2 aromatic heterocycles. The zero-order valence-electron chi connectivity index (χ0n) is 15.1. The van der Waals surface area contributed by atoms with Crippen LogP contribution in [0.5, 0.6) is 0 Å². The summed E-state index contributed by atoms with van der Waals surface area (Å²) in [6.07, 6.45) is 5.22. The minimum atomic E-state index is -0.355. The second kappa shape index (κ2) is 7.70. The third-order valence-electron chi connectivity index (χ3n) is 4.18. The Morgan fingerprint density at radius 3 is 2.82 bits per heavy atom. The molecule has 0 unspecified atom stereocenters. The number of ether oxygens (including phenoxy) is 1. The second-order valence-electron chi connectivity index (χ2n) is 6.05. The molecule has 0 radical (unpaired) electrons. The van der Waals surface area contributed by atoms with Crippen LogP contribution in [0.3, 0.4) is 0 Å². The molecule has 0 aliphatic rings. The lowest BCUT2D eigenvalue weighted by molar-refractivity contribution is 0.0526. The van der Waals surface area contributed by atoms with Gasteiger partial charge < -0.3 is 10.1 Å². The lowest BCUT2D eigenvalue weighted by atomic mass is 10.1. The number of nitrogens with one attached hydrogen (secondary N) is 1. The number of carbonyl (C=O) groups excluding carboxylic acids is 1. The summed E-state index contributed by atoms with van der Waals surface area (Å²) < 4.78 is 7.00. The molecule has 4 rings (SSSR count). The van der Waals surface area contributed by atoms with Crippen LogP contribution in [-0.4, -0.2) is 26.9 Å². The first-order valence-electron chi connectivity index (χ1n) is 8.78. The van der Waals surface area contributed by atoms with Gasteiger partial charge in [-0.2, -0.15) is 0 Å². The van der Waals surface area contributed by atoms with Gasteiger partial charge in [-0.05, 0) is 37.3 Å². The molecule has 0 saturated heterocycles. The van der Waals surface area contributed by atoms with Gasteiger partial charge >= 0.3 is 5.97 Å². The third kappa shape index (κ3) is 3.54. The Hall–Kier alpha value is -3.38. The first-order chi connectivity index (χ1) is 13.7. The highest BCUT2D eigenvalue weighted by Gasteiger charge is 2.15. The van der Waals surface area contributed by atoms with Crippen molar-refractivity contribution in [1.29, 1.82) is 0 Å². The molecule has 0 amide bonds. The molecule has 0 spiro atoms. The Balaban J connectivity index is 1.78. The van der Waals surface area contributed by atoms with Crippen molar-refractivity contribution in [3.63, 3.8) is 0 Å². The van der Waals surface area contributed by atoms with E-state index >= 15 is 0 Å². The highest BCUT2D eigenvalue weighted by atomic mass is 35.5. The number of anilines is 2. The molecule has 2 heterocycles. The van der Waals surface area contributed by atoms with Gasteiger partial charge in [0.05, 0.1) is 18.4 Å². The van der Waals surface area contributed by atoms with Gasteiger partial charge in [0.1, 0.15) is 11.5 Å². The minimum Gasteiger partial charge on any atom is -0.462 e. The lowest BCUT2D eigenvalue weighted by Gasteiger charge is -2.10. The van der Waals surface area contributed by atoms with Crippen LogP contribution in [0.15, 0.2) is 67.1 Å². The van der Waals surface area contributed by atoms with Crippen molar-refractivity contribution in [3.05, 3.63) is 77.7 Å². The summed E-state index contributed by atoms with van der Waals surface area (Å²) in [5.74, 6) is 0.409. The summed E-state index contributed by atoms with van der Waals surface area (Å²) >= 11 is 6.03. The fraction of sp³-hybridized carbons (Fsp3) is 0.0952. The van der Waals surface area contributed by atoms with E-state index in [1.165, 1.54) is 0 Å². The number of aromatic nitrogens is 3. The van der Waals surface area contributed by atoms with Gasteiger partial charge in [-0.25, -0.2) is 9.78 Å². The highest BCUT2D eigenvalue weighted by Crippen LogP contribution is 2.31. The van der Waals surface area contributed by atoms with Crippen LogP contribution in [0.4, 0.5) is 11.5 Å². The van der Waals surface area contributed by atoms with Crippen LogP contribution in [0.25, 0.3) is 16.9 Å². The number of hydrogen-bond donors (Lipinski definition) is 1. The SMILES string of the molecule is CCOC(=O)c1cccc(Nc2c(-c3ccc(Cl)cc3)nc3cnccn23)c1. The van der Waals surface area contributed by atoms with E-state index in [1.54, 1.807) is 37.5 Å². The van der Waals surface area contributed by atoms with Crippen molar-refractivity contribution in [2.45, 2.75) is 6.92 Å². The molecule has 0 atom stereocenters. The van der Waals surface area contributed by atoms with E-state index in [-0.39, 0.29) is 5.97 Å². The molecule has 140 valence electrons. The number of hydrogen-bond acceptors (Lipinski definition) is 5. The number of fused-ring (bicyclic) bond motifs is 1. The van der Waals surface area contributed by atoms with E-state index in [1.807, 2.05) is 40.9 Å². The van der Waals surface area contributed by atoms with Crippen molar-refractivity contribution >= 4 is 34.7 Å². The summed E-state index contributed by atoms with van der Waals surface area (Å²) in [5, 5.41) is 4.04. The standard InChI is InChI=1S/C21H17ClN4O2/c1-2-28-21(27)15-4-3-5-17(12-15)24-20-19(14-6-8-16(22)9-7-14)25-18-13-23-10-11-26(18)20/h3-13,24H,2H2,1H3. The van der Waals surface area contributed by atoms with Gasteiger partial charge in [0.15, 0.2) is 5.65 Å². The van der Waals surface area contributed by atoms with Gasteiger partial charge in [-0.3, -0.25) is 9.38 Å². The van der Waals surface area contributed by atoms with Crippen molar-refractivity contribution in [3.8, 4) is 11.3 Å². The first-order valence-corrected chi connectivity index (χ1v) is 9.15. The second-order valence-corrected chi connectivity index (χ2v) is 6.48. The average molecular weight is 393 g/mol. The minimum absolute atomic E-state index is 0.331. The number of halogens is 1. The van der Waals surface area contributed by atoms with Crippen LogP contribution in [-0.2, 0) is 4.74 Å². The molecule has 0 aliphatic carbocycles. The van der Waals surface area contributed by atoms with Gasteiger partial charge in [0.25, 0.3) is 0 Å². The van der Waals surface area contributed by atoms with Gasteiger partial charge in [-0.1, -0.05) is 29.8 Å². The smallest absolute Gasteiger partial charge is 0.338 e. The maximum Gasteiger partial charge on any atom is 0.338 e. The zero-order valence-corrected chi connectivity index (χ0v) is 15.8. The molecular weight excluding hydrogens is 376 g/mol. The van der Waals surface area contributed by atoms with Crippen LogP contribution in [0.1, 0.15) is 17.3 Å². The van der Waals surface area contributed by atoms with E-state index in [9.17, 15) is 4.79 Å².